The first-order valence-electron chi connectivity index (χ1n) is 9.35. The Balaban J connectivity index is 1.75. The maximum absolute atomic E-state index is 13.5. The number of carbonyl (C=O) groups is 2. The largest absolute Gasteiger partial charge is 0.494 e. The number of hydrogen-bond acceptors (Lipinski definition) is 5. The first-order chi connectivity index (χ1) is 14.0. The highest BCUT2D eigenvalue weighted by Crippen LogP contribution is 2.30. The van der Waals surface area contributed by atoms with E-state index in [0.717, 1.165) is 5.75 Å². The lowest BCUT2D eigenvalue weighted by atomic mass is 10.2. The summed E-state index contributed by atoms with van der Waals surface area (Å²) in [4.78, 5) is 31.2. The van der Waals surface area contributed by atoms with Crippen molar-refractivity contribution in [2.75, 3.05) is 18.5 Å². The van der Waals surface area contributed by atoms with Gasteiger partial charge in [-0.3, -0.25) is 14.5 Å². The number of halogens is 1. The fraction of sp³-hybridized carbons (Fsp3) is 0.286. The van der Waals surface area contributed by atoms with Gasteiger partial charge in [-0.1, -0.05) is 17.8 Å². The van der Waals surface area contributed by atoms with Crippen molar-refractivity contribution in [1.29, 1.82) is 0 Å². The number of nitrogens with zero attached hydrogens (tertiary/aromatic N) is 2. The van der Waals surface area contributed by atoms with Gasteiger partial charge >= 0.3 is 0 Å². The van der Waals surface area contributed by atoms with E-state index >= 15 is 0 Å². The number of amidine groups is 1. The van der Waals surface area contributed by atoms with Gasteiger partial charge < -0.3 is 10.1 Å². The van der Waals surface area contributed by atoms with Gasteiger partial charge in [-0.2, -0.15) is 0 Å². The summed E-state index contributed by atoms with van der Waals surface area (Å²) in [5.41, 5.74) is 1.01. The van der Waals surface area contributed by atoms with Gasteiger partial charge in [0.25, 0.3) is 0 Å². The molecular formula is C21H22FN3O3S. The number of anilines is 1. The van der Waals surface area contributed by atoms with E-state index in [0.29, 0.717) is 29.7 Å². The minimum Gasteiger partial charge on any atom is -0.494 e. The number of hydrogen-bond donors (Lipinski definition) is 1. The number of nitrogens with one attached hydrogen (secondary N) is 1. The van der Waals surface area contributed by atoms with Crippen molar-refractivity contribution in [3.63, 3.8) is 0 Å². The van der Waals surface area contributed by atoms with Crippen LogP contribution in [0.15, 0.2) is 53.5 Å². The van der Waals surface area contributed by atoms with Crippen LogP contribution in [0.1, 0.15) is 20.3 Å². The summed E-state index contributed by atoms with van der Waals surface area (Å²) in [6.45, 7) is 4.72. The number of carbonyl (C=O) groups excluding carboxylic acids is 2. The molecule has 1 heterocycles. The van der Waals surface area contributed by atoms with Crippen molar-refractivity contribution in [3.05, 3.63) is 54.3 Å². The Kier molecular flexibility index (Phi) is 6.87. The molecule has 1 saturated heterocycles. The summed E-state index contributed by atoms with van der Waals surface area (Å²) in [5.74, 6) is -0.161. The van der Waals surface area contributed by atoms with Crippen LogP contribution in [0.25, 0.3) is 0 Å². The molecule has 3 rings (SSSR count). The van der Waals surface area contributed by atoms with Gasteiger partial charge in [0.2, 0.25) is 11.8 Å². The first kappa shape index (κ1) is 20.9. The molecule has 8 heteroatoms. The topological polar surface area (TPSA) is 71.0 Å². The van der Waals surface area contributed by atoms with E-state index < -0.39 is 11.1 Å². The Hall–Kier alpha value is -2.87. The molecule has 2 amide bonds. The van der Waals surface area contributed by atoms with Crippen LogP contribution in [0.3, 0.4) is 0 Å². The maximum Gasteiger partial charge on any atom is 0.238 e. The van der Waals surface area contributed by atoms with Crippen molar-refractivity contribution in [1.82, 2.24) is 4.90 Å². The van der Waals surface area contributed by atoms with E-state index in [4.69, 9.17) is 4.74 Å². The Morgan fingerprint density at radius 3 is 2.69 bits per heavy atom. The molecule has 1 fully saturated rings. The lowest BCUT2D eigenvalue weighted by Crippen LogP contribution is -2.45. The van der Waals surface area contributed by atoms with Gasteiger partial charge in [0.15, 0.2) is 5.17 Å². The lowest BCUT2D eigenvalue weighted by molar-refractivity contribution is -0.129. The van der Waals surface area contributed by atoms with E-state index in [2.05, 4.69) is 10.3 Å². The van der Waals surface area contributed by atoms with Crippen LogP contribution in [0.5, 0.6) is 5.75 Å². The smallest absolute Gasteiger partial charge is 0.238 e. The van der Waals surface area contributed by atoms with Crippen LogP contribution >= 0.6 is 11.8 Å². The average Bonchev–Trinajstić information content (AvgIpc) is 2.69. The molecule has 0 aromatic heterocycles. The molecule has 2 aromatic rings. The van der Waals surface area contributed by atoms with Crippen molar-refractivity contribution >= 4 is 40.1 Å². The summed E-state index contributed by atoms with van der Waals surface area (Å²) in [5, 5.41) is 2.60. The molecule has 0 bridgehead atoms. The maximum atomic E-state index is 13.5. The number of benzene rings is 2. The molecule has 1 atom stereocenters. The second-order valence-corrected chi connectivity index (χ2v) is 7.44. The SMILES string of the molecule is CCOc1ccc(NC(=O)C2CC(=O)N(CC)C(=Nc3cccc(F)c3)S2)cc1. The highest BCUT2D eigenvalue weighted by Gasteiger charge is 2.35. The molecule has 1 aliphatic heterocycles. The second kappa shape index (κ2) is 9.56. The van der Waals surface area contributed by atoms with Gasteiger partial charge in [-0.15, -0.1) is 0 Å². The number of ether oxygens (including phenoxy) is 1. The monoisotopic (exact) mass is 415 g/mol. The van der Waals surface area contributed by atoms with Crippen LogP contribution in [0.2, 0.25) is 0 Å². The van der Waals surface area contributed by atoms with Crippen LogP contribution in [0, 0.1) is 5.82 Å². The fourth-order valence-corrected chi connectivity index (χ4v) is 4.00. The van der Waals surface area contributed by atoms with Crippen LogP contribution in [0.4, 0.5) is 15.8 Å². The van der Waals surface area contributed by atoms with Crippen LogP contribution < -0.4 is 10.1 Å². The van der Waals surface area contributed by atoms with Gasteiger partial charge in [0, 0.05) is 18.7 Å². The summed E-state index contributed by atoms with van der Waals surface area (Å²) in [7, 11) is 0. The van der Waals surface area contributed by atoms with E-state index in [-0.39, 0.29) is 18.2 Å². The van der Waals surface area contributed by atoms with Crippen molar-refractivity contribution in [3.8, 4) is 5.75 Å². The minimum atomic E-state index is -0.621. The van der Waals surface area contributed by atoms with Gasteiger partial charge in [-0.25, -0.2) is 9.38 Å². The summed E-state index contributed by atoms with van der Waals surface area (Å²) in [6.07, 6.45) is 0.0730. The van der Waals surface area contributed by atoms with Crippen LogP contribution in [-0.2, 0) is 9.59 Å². The van der Waals surface area contributed by atoms with E-state index in [1.807, 2.05) is 13.8 Å². The number of thioether (sulfide) groups is 1. The zero-order chi connectivity index (χ0) is 20.8. The minimum absolute atomic E-state index is 0.0730. The third-order valence-corrected chi connectivity index (χ3v) is 5.40. The lowest BCUT2D eigenvalue weighted by Gasteiger charge is -2.30. The zero-order valence-electron chi connectivity index (χ0n) is 16.2. The number of amides is 2. The molecule has 1 N–H and O–H groups in total. The predicted octanol–water partition coefficient (Wildman–Crippen LogP) is 4.20. The third-order valence-electron chi connectivity index (χ3n) is 4.21. The Morgan fingerprint density at radius 2 is 2.03 bits per heavy atom. The molecule has 2 aromatic carbocycles. The van der Waals surface area contributed by atoms with E-state index in [1.165, 1.54) is 28.8 Å². The van der Waals surface area contributed by atoms with Crippen molar-refractivity contribution < 1.29 is 18.7 Å². The Morgan fingerprint density at radius 1 is 1.28 bits per heavy atom. The quantitative estimate of drug-likeness (QED) is 0.767. The Labute approximate surface area is 173 Å². The van der Waals surface area contributed by atoms with Crippen molar-refractivity contribution in [2.45, 2.75) is 25.5 Å². The highest BCUT2D eigenvalue weighted by molar-refractivity contribution is 8.15. The van der Waals surface area contributed by atoms with Gasteiger partial charge in [0.05, 0.1) is 12.3 Å². The van der Waals surface area contributed by atoms with Gasteiger partial charge in [0.1, 0.15) is 16.8 Å². The molecular weight excluding hydrogens is 393 g/mol. The van der Waals surface area contributed by atoms with Gasteiger partial charge in [-0.05, 0) is 56.3 Å². The molecule has 0 spiro atoms. The van der Waals surface area contributed by atoms with E-state index in [1.54, 1.807) is 36.4 Å². The second-order valence-electron chi connectivity index (χ2n) is 6.27. The summed E-state index contributed by atoms with van der Waals surface area (Å²) in [6, 6.07) is 12.9. The standard InChI is InChI=1S/C21H22FN3O3S/c1-3-25-19(26)13-18(29-21(25)24-16-7-5-6-14(22)12-16)20(27)23-15-8-10-17(11-9-15)28-4-2/h5-12,18H,3-4,13H2,1-2H3,(H,23,27). The molecule has 0 saturated carbocycles. The number of rotatable bonds is 6. The van der Waals surface area contributed by atoms with E-state index in [9.17, 15) is 14.0 Å². The average molecular weight is 415 g/mol. The first-order valence-corrected chi connectivity index (χ1v) is 10.2. The molecule has 0 aliphatic carbocycles. The predicted molar refractivity (Wildman–Crippen MR) is 113 cm³/mol. The molecule has 0 radical (unpaired) electrons. The zero-order valence-corrected chi connectivity index (χ0v) is 17.0. The summed E-state index contributed by atoms with van der Waals surface area (Å²) >= 11 is 1.20. The summed E-state index contributed by atoms with van der Waals surface area (Å²) < 4.78 is 18.9. The molecule has 152 valence electrons. The number of aliphatic imine (C=N–C) groups is 1. The molecule has 6 nitrogen and oxygen atoms in total. The Bertz CT molecular complexity index is 918. The molecule has 1 unspecified atom stereocenters. The normalized spacial score (nSPS) is 18.0. The third kappa shape index (κ3) is 5.35. The van der Waals surface area contributed by atoms with Crippen LogP contribution in [-0.4, -0.2) is 40.3 Å². The highest BCUT2D eigenvalue weighted by atomic mass is 32.2. The molecule has 29 heavy (non-hydrogen) atoms. The van der Waals surface area contributed by atoms with Crippen molar-refractivity contribution in [2.24, 2.45) is 4.99 Å². The molecule has 1 aliphatic rings. The fourth-order valence-electron chi connectivity index (χ4n) is 2.83.